The van der Waals surface area contributed by atoms with Gasteiger partial charge in [0, 0.05) is 13.1 Å². The maximum atomic E-state index is 11.7. The fourth-order valence-electron chi connectivity index (χ4n) is 2.07. The molecule has 2 aromatic rings. The van der Waals surface area contributed by atoms with Gasteiger partial charge in [0.05, 0.1) is 15.9 Å². The van der Waals surface area contributed by atoms with Crippen LogP contribution in [0, 0.1) is 6.92 Å². The Morgan fingerprint density at radius 1 is 1.47 bits per heavy atom. The number of aryl methyl sites for hydroxylation is 1. The molecule has 4 nitrogen and oxygen atoms in total. The maximum absolute atomic E-state index is 11.7. The number of hydrogen-bond donors (Lipinski definition) is 1. The average Bonchev–Trinajstić information content (AvgIpc) is 2.74. The number of carbonyl (C=O) groups is 1. The second-order valence-electron chi connectivity index (χ2n) is 4.47. The Hall–Kier alpha value is -1.36. The average molecular weight is 324 g/mol. The molecule has 102 valence electrons. The van der Waals surface area contributed by atoms with Crippen LogP contribution in [0.2, 0.25) is 0 Å². The van der Waals surface area contributed by atoms with E-state index in [1.807, 2.05) is 32.0 Å². The van der Waals surface area contributed by atoms with Crippen molar-refractivity contribution in [3.63, 3.8) is 0 Å². The first-order valence-corrected chi connectivity index (χ1v) is 7.38. The molecule has 0 aliphatic rings. The number of carbonyl (C=O) groups excluding carboxylic acids is 1. The number of benzene rings is 1. The van der Waals surface area contributed by atoms with Crippen molar-refractivity contribution in [2.75, 3.05) is 6.54 Å². The SMILES string of the molecule is CCC(Br)C(=O)NCCn1c(C)nc2ccccc21. The molecule has 1 unspecified atom stereocenters. The summed E-state index contributed by atoms with van der Waals surface area (Å²) < 4.78 is 2.13. The highest BCUT2D eigenvalue weighted by atomic mass is 79.9. The lowest BCUT2D eigenvalue weighted by atomic mass is 10.3. The highest BCUT2D eigenvalue weighted by molar-refractivity contribution is 9.10. The number of alkyl halides is 1. The maximum Gasteiger partial charge on any atom is 0.233 e. The number of nitrogens with zero attached hydrogens (tertiary/aromatic N) is 2. The number of nitrogens with one attached hydrogen (secondary N) is 1. The van der Waals surface area contributed by atoms with Gasteiger partial charge >= 0.3 is 0 Å². The summed E-state index contributed by atoms with van der Waals surface area (Å²) in [6.07, 6.45) is 0.791. The van der Waals surface area contributed by atoms with Crippen molar-refractivity contribution >= 4 is 32.9 Å². The van der Waals surface area contributed by atoms with Gasteiger partial charge in [-0.3, -0.25) is 4.79 Å². The molecule has 1 aromatic heterocycles. The van der Waals surface area contributed by atoms with Crippen molar-refractivity contribution in [2.45, 2.75) is 31.6 Å². The molecule has 0 bridgehead atoms. The Morgan fingerprint density at radius 2 is 2.21 bits per heavy atom. The topological polar surface area (TPSA) is 46.9 Å². The summed E-state index contributed by atoms with van der Waals surface area (Å²) >= 11 is 3.34. The van der Waals surface area contributed by atoms with Gasteiger partial charge in [-0.05, 0) is 25.5 Å². The highest BCUT2D eigenvalue weighted by Gasteiger charge is 2.12. The van der Waals surface area contributed by atoms with Crippen LogP contribution in [-0.4, -0.2) is 26.8 Å². The monoisotopic (exact) mass is 323 g/mol. The molecule has 1 heterocycles. The lowest BCUT2D eigenvalue weighted by Gasteiger charge is -2.10. The Labute approximate surface area is 121 Å². The summed E-state index contributed by atoms with van der Waals surface area (Å²) in [5.74, 6) is 1.02. The predicted octanol–water partition coefficient (Wildman–Crippen LogP) is 2.63. The summed E-state index contributed by atoms with van der Waals surface area (Å²) in [4.78, 5) is 16.1. The first-order valence-electron chi connectivity index (χ1n) is 6.47. The number of imidazole rings is 1. The fraction of sp³-hybridized carbons (Fsp3) is 0.429. The van der Waals surface area contributed by atoms with E-state index in [2.05, 4.69) is 36.9 Å². The summed E-state index contributed by atoms with van der Waals surface area (Å²) in [5.41, 5.74) is 2.11. The Bertz CT molecular complexity index is 579. The molecule has 2 rings (SSSR count). The summed E-state index contributed by atoms with van der Waals surface area (Å²) in [6, 6.07) is 8.04. The van der Waals surface area contributed by atoms with Gasteiger partial charge in [-0.1, -0.05) is 35.0 Å². The van der Waals surface area contributed by atoms with Crippen molar-refractivity contribution in [1.29, 1.82) is 0 Å². The molecule has 1 aromatic carbocycles. The standard InChI is InChI=1S/C14H18BrN3O/c1-3-11(15)14(19)16-8-9-18-10(2)17-12-6-4-5-7-13(12)18/h4-7,11H,3,8-9H2,1-2H3,(H,16,19). The van der Waals surface area contributed by atoms with Gasteiger partial charge in [-0.15, -0.1) is 0 Å². The van der Waals surface area contributed by atoms with E-state index in [0.717, 1.165) is 29.8 Å². The van der Waals surface area contributed by atoms with Gasteiger partial charge in [0.2, 0.25) is 5.91 Å². The lowest BCUT2D eigenvalue weighted by Crippen LogP contribution is -2.33. The Balaban J connectivity index is 2.02. The molecule has 0 saturated carbocycles. The zero-order valence-electron chi connectivity index (χ0n) is 11.2. The van der Waals surface area contributed by atoms with Crippen molar-refractivity contribution in [1.82, 2.24) is 14.9 Å². The van der Waals surface area contributed by atoms with Gasteiger partial charge in [0.15, 0.2) is 0 Å². The molecular weight excluding hydrogens is 306 g/mol. The van der Waals surface area contributed by atoms with Crippen molar-refractivity contribution in [3.8, 4) is 0 Å². The molecule has 1 atom stereocenters. The number of hydrogen-bond acceptors (Lipinski definition) is 2. The van der Waals surface area contributed by atoms with E-state index >= 15 is 0 Å². The van der Waals surface area contributed by atoms with Crippen LogP contribution < -0.4 is 5.32 Å². The van der Waals surface area contributed by atoms with Crippen LogP contribution in [0.3, 0.4) is 0 Å². The first kappa shape index (κ1) is 14.1. The summed E-state index contributed by atoms with van der Waals surface area (Å²) in [6.45, 7) is 5.32. The molecule has 0 radical (unpaired) electrons. The zero-order valence-corrected chi connectivity index (χ0v) is 12.8. The number of amides is 1. The number of fused-ring (bicyclic) bond motifs is 1. The highest BCUT2D eigenvalue weighted by Crippen LogP contribution is 2.14. The number of halogens is 1. The van der Waals surface area contributed by atoms with Crippen LogP contribution in [0.15, 0.2) is 24.3 Å². The van der Waals surface area contributed by atoms with Crippen LogP contribution in [0.25, 0.3) is 11.0 Å². The normalized spacial score (nSPS) is 12.6. The molecule has 1 N–H and O–H groups in total. The summed E-state index contributed by atoms with van der Waals surface area (Å²) in [5, 5.41) is 2.93. The molecule has 0 fully saturated rings. The van der Waals surface area contributed by atoms with Crippen LogP contribution in [0.1, 0.15) is 19.2 Å². The van der Waals surface area contributed by atoms with Gasteiger partial charge in [-0.2, -0.15) is 0 Å². The summed E-state index contributed by atoms with van der Waals surface area (Å²) in [7, 11) is 0. The van der Waals surface area contributed by atoms with Crippen molar-refractivity contribution in [2.24, 2.45) is 0 Å². The van der Waals surface area contributed by atoms with E-state index < -0.39 is 0 Å². The van der Waals surface area contributed by atoms with Crippen molar-refractivity contribution < 1.29 is 4.79 Å². The minimum atomic E-state index is -0.104. The third kappa shape index (κ3) is 3.15. The number of aromatic nitrogens is 2. The predicted molar refractivity (Wildman–Crippen MR) is 80.5 cm³/mol. The van der Waals surface area contributed by atoms with Gasteiger partial charge in [0.25, 0.3) is 0 Å². The lowest BCUT2D eigenvalue weighted by molar-refractivity contribution is -0.120. The molecule has 0 spiro atoms. The van der Waals surface area contributed by atoms with E-state index in [1.54, 1.807) is 0 Å². The van der Waals surface area contributed by atoms with Crippen LogP contribution in [0.5, 0.6) is 0 Å². The Kier molecular flexibility index (Phi) is 4.58. The first-order chi connectivity index (χ1) is 9.13. The second kappa shape index (κ2) is 6.19. The molecular formula is C14H18BrN3O. The molecule has 1 amide bonds. The van der Waals surface area contributed by atoms with E-state index in [4.69, 9.17) is 0 Å². The molecule has 0 aliphatic carbocycles. The molecule has 19 heavy (non-hydrogen) atoms. The minimum absolute atomic E-state index is 0.0459. The quantitative estimate of drug-likeness (QED) is 0.860. The van der Waals surface area contributed by atoms with Crippen LogP contribution >= 0.6 is 15.9 Å². The third-order valence-electron chi connectivity index (χ3n) is 3.12. The van der Waals surface area contributed by atoms with Crippen LogP contribution in [0.4, 0.5) is 0 Å². The fourth-order valence-corrected chi connectivity index (χ4v) is 2.23. The van der Waals surface area contributed by atoms with E-state index in [-0.39, 0.29) is 10.7 Å². The zero-order chi connectivity index (χ0) is 13.8. The van der Waals surface area contributed by atoms with Crippen LogP contribution in [-0.2, 0) is 11.3 Å². The van der Waals surface area contributed by atoms with Gasteiger partial charge in [0.1, 0.15) is 5.82 Å². The smallest absolute Gasteiger partial charge is 0.233 e. The molecule has 0 aliphatic heterocycles. The van der Waals surface area contributed by atoms with Crippen molar-refractivity contribution in [3.05, 3.63) is 30.1 Å². The van der Waals surface area contributed by atoms with E-state index in [0.29, 0.717) is 6.54 Å². The second-order valence-corrected chi connectivity index (χ2v) is 5.57. The minimum Gasteiger partial charge on any atom is -0.353 e. The van der Waals surface area contributed by atoms with E-state index in [1.165, 1.54) is 0 Å². The van der Waals surface area contributed by atoms with E-state index in [9.17, 15) is 4.79 Å². The Morgan fingerprint density at radius 3 is 2.95 bits per heavy atom. The largest absolute Gasteiger partial charge is 0.353 e. The number of rotatable bonds is 5. The molecule has 5 heteroatoms. The molecule has 0 saturated heterocycles. The number of para-hydroxylation sites is 2. The van der Waals surface area contributed by atoms with Gasteiger partial charge < -0.3 is 9.88 Å². The van der Waals surface area contributed by atoms with Gasteiger partial charge in [-0.25, -0.2) is 4.98 Å². The third-order valence-corrected chi connectivity index (χ3v) is 4.19.